The number of hydrogen-bond acceptors (Lipinski definition) is 3. The van der Waals surface area contributed by atoms with Crippen molar-refractivity contribution in [2.75, 3.05) is 0 Å². The second-order valence-electron chi connectivity index (χ2n) is 3.41. The fraction of sp³-hybridized carbons (Fsp3) is 0.167. The summed E-state index contributed by atoms with van der Waals surface area (Å²) in [6.07, 6.45) is 0. The van der Waals surface area contributed by atoms with Gasteiger partial charge in [0.2, 0.25) is 0 Å². The molecular formula is C12H12Cl2N2OS. The fourth-order valence-corrected chi connectivity index (χ4v) is 2.30. The summed E-state index contributed by atoms with van der Waals surface area (Å²) in [7, 11) is 0. The van der Waals surface area contributed by atoms with E-state index < -0.39 is 0 Å². The summed E-state index contributed by atoms with van der Waals surface area (Å²) < 4.78 is 0. The van der Waals surface area contributed by atoms with Gasteiger partial charge in [-0.05, 0) is 12.1 Å². The number of benzene rings is 1. The van der Waals surface area contributed by atoms with Gasteiger partial charge in [-0.3, -0.25) is 4.79 Å². The Morgan fingerprint density at radius 2 is 2.06 bits per heavy atom. The molecule has 0 saturated carbocycles. The summed E-state index contributed by atoms with van der Waals surface area (Å²) in [5.41, 5.74) is 1.50. The number of alkyl halides is 1. The van der Waals surface area contributed by atoms with Crippen LogP contribution in [0, 0.1) is 0 Å². The number of hydrogen-bond donors (Lipinski definition) is 1. The van der Waals surface area contributed by atoms with Crippen molar-refractivity contribution >= 4 is 41.3 Å². The normalized spacial score (nSPS) is 9.61. The summed E-state index contributed by atoms with van der Waals surface area (Å²) in [4.78, 5) is 16.0. The van der Waals surface area contributed by atoms with Crippen molar-refractivity contribution in [3.63, 3.8) is 0 Å². The Morgan fingerprint density at radius 1 is 1.33 bits per heavy atom. The number of amides is 1. The molecule has 0 fully saturated rings. The van der Waals surface area contributed by atoms with Crippen LogP contribution in [0.3, 0.4) is 0 Å². The van der Waals surface area contributed by atoms with Gasteiger partial charge >= 0.3 is 0 Å². The lowest BCUT2D eigenvalue weighted by Gasteiger charge is -2.02. The zero-order valence-electron chi connectivity index (χ0n) is 9.43. The molecule has 2 rings (SSSR count). The van der Waals surface area contributed by atoms with E-state index in [-0.39, 0.29) is 18.3 Å². The highest BCUT2D eigenvalue weighted by Gasteiger charge is 2.06. The number of nitrogens with one attached hydrogen (secondary N) is 1. The molecule has 0 radical (unpaired) electrons. The molecule has 1 aromatic carbocycles. The van der Waals surface area contributed by atoms with Crippen molar-refractivity contribution in [1.82, 2.24) is 10.3 Å². The predicted molar refractivity (Wildman–Crippen MR) is 76.5 cm³/mol. The smallest absolute Gasteiger partial charge is 0.251 e. The van der Waals surface area contributed by atoms with Gasteiger partial charge in [0.1, 0.15) is 5.01 Å². The first-order valence-electron chi connectivity index (χ1n) is 5.12. The topological polar surface area (TPSA) is 42.0 Å². The van der Waals surface area contributed by atoms with Crippen LogP contribution in [0.2, 0.25) is 0 Å². The van der Waals surface area contributed by atoms with Crippen LogP contribution in [0.25, 0.3) is 0 Å². The number of rotatable bonds is 4. The molecule has 2 aromatic rings. The van der Waals surface area contributed by atoms with E-state index in [0.717, 1.165) is 10.7 Å². The zero-order chi connectivity index (χ0) is 12.1. The Hall–Kier alpha value is -1.10. The zero-order valence-corrected chi connectivity index (χ0v) is 11.8. The first-order chi connectivity index (χ1) is 8.29. The number of halogens is 2. The predicted octanol–water partition coefficient (Wildman–Crippen LogP) is 3.23. The van der Waals surface area contributed by atoms with E-state index in [9.17, 15) is 4.79 Å². The van der Waals surface area contributed by atoms with E-state index in [4.69, 9.17) is 11.6 Å². The minimum absolute atomic E-state index is 0. The third kappa shape index (κ3) is 3.98. The summed E-state index contributed by atoms with van der Waals surface area (Å²) >= 11 is 7.16. The Labute approximate surface area is 121 Å². The van der Waals surface area contributed by atoms with Crippen molar-refractivity contribution in [3.05, 3.63) is 52.0 Å². The number of carbonyl (C=O) groups is 1. The molecule has 1 aromatic heterocycles. The number of aromatic nitrogens is 1. The lowest BCUT2D eigenvalue weighted by molar-refractivity contribution is 0.0951. The Kier molecular flexibility index (Phi) is 6.12. The molecule has 0 unspecified atom stereocenters. The van der Waals surface area contributed by atoms with Gasteiger partial charge < -0.3 is 5.32 Å². The van der Waals surface area contributed by atoms with E-state index in [1.165, 1.54) is 11.3 Å². The summed E-state index contributed by atoms with van der Waals surface area (Å²) in [5, 5.41) is 5.58. The first-order valence-corrected chi connectivity index (χ1v) is 6.53. The first kappa shape index (κ1) is 15.0. The minimum atomic E-state index is -0.0896. The SMILES string of the molecule is Cl.O=C(NCc1nc(CCl)cs1)c1ccccc1. The highest BCUT2D eigenvalue weighted by atomic mass is 35.5. The molecule has 1 heterocycles. The van der Waals surface area contributed by atoms with Gasteiger partial charge in [0.05, 0.1) is 18.1 Å². The largest absolute Gasteiger partial charge is 0.346 e. The molecule has 0 aliphatic carbocycles. The second-order valence-corrected chi connectivity index (χ2v) is 4.62. The van der Waals surface area contributed by atoms with Gasteiger partial charge in [-0.15, -0.1) is 35.3 Å². The van der Waals surface area contributed by atoms with Crippen LogP contribution in [-0.4, -0.2) is 10.9 Å². The van der Waals surface area contributed by atoms with Gasteiger partial charge in [0.25, 0.3) is 5.91 Å². The minimum Gasteiger partial charge on any atom is -0.346 e. The standard InChI is InChI=1S/C12H11ClN2OS.ClH/c13-6-10-8-17-11(15-10)7-14-12(16)9-4-2-1-3-5-9;/h1-5,8H,6-7H2,(H,14,16);1H. The molecule has 0 spiro atoms. The maximum absolute atomic E-state index is 11.7. The highest BCUT2D eigenvalue weighted by Crippen LogP contribution is 2.11. The van der Waals surface area contributed by atoms with Crippen molar-refractivity contribution in [2.24, 2.45) is 0 Å². The van der Waals surface area contributed by atoms with Crippen LogP contribution in [0.4, 0.5) is 0 Å². The van der Waals surface area contributed by atoms with E-state index in [1.54, 1.807) is 12.1 Å². The van der Waals surface area contributed by atoms with Gasteiger partial charge in [-0.1, -0.05) is 18.2 Å². The summed E-state index contributed by atoms with van der Waals surface area (Å²) in [5.74, 6) is 0.316. The van der Waals surface area contributed by atoms with E-state index in [2.05, 4.69) is 10.3 Å². The number of thiazole rings is 1. The molecule has 18 heavy (non-hydrogen) atoms. The third-order valence-corrected chi connectivity index (χ3v) is 3.34. The molecule has 1 amide bonds. The van der Waals surface area contributed by atoms with Crippen molar-refractivity contribution < 1.29 is 4.79 Å². The molecule has 3 nitrogen and oxygen atoms in total. The average molecular weight is 303 g/mol. The van der Waals surface area contributed by atoms with Crippen LogP contribution in [0.1, 0.15) is 21.1 Å². The maximum Gasteiger partial charge on any atom is 0.251 e. The van der Waals surface area contributed by atoms with Crippen LogP contribution in [0.5, 0.6) is 0 Å². The van der Waals surface area contributed by atoms with Crippen LogP contribution >= 0.6 is 35.3 Å². The van der Waals surface area contributed by atoms with Crippen LogP contribution in [-0.2, 0) is 12.4 Å². The molecule has 0 atom stereocenters. The molecule has 0 bridgehead atoms. The lowest BCUT2D eigenvalue weighted by Crippen LogP contribution is -2.22. The average Bonchev–Trinajstić information content (AvgIpc) is 2.85. The summed E-state index contributed by atoms with van der Waals surface area (Å²) in [6, 6.07) is 9.11. The molecule has 0 saturated heterocycles. The van der Waals surface area contributed by atoms with Crippen molar-refractivity contribution in [2.45, 2.75) is 12.4 Å². The van der Waals surface area contributed by atoms with E-state index >= 15 is 0 Å². The summed E-state index contributed by atoms with van der Waals surface area (Å²) in [6.45, 7) is 0.440. The Bertz CT molecular complexity index is 502. The number of nitrogens with zero attached hydrogens (tertiary/aromatic N) is 1. The second kappa shape index (κ2) is 7.36. The van der Waals surface area contributed by atoms with Crippen molar-refractivity contribution in [1.29, 1.82) is 0 Å². The maximum atomic E-state index is 11.7. The Balaban J connectivity index is 0.00000162. The number of carbonyl (C=O) groups excluding carboxylic acids is 1. The van der Waals surface area contributed by atoms with E-state index in [0.29, 0.717) is 18.0 Å². The molecule has 0 aliphatic rings. The van der Waals surface area contributed by atoms with Crippen LogP contribution in [0.15, 0.2) is 35.7 Å². The van der Waals surface area contributed by atoms with Crippen molar-refractivity contribution in [3.8, 4) is 0 Å². The molecular weight excluding hydrogens is 291 g/mol. The van der Waals surface area contributed by atoms with Crippen LogP contribution < -0.4 is 5.32 Å². The monoisotopic (exact) mass is 302 g/mol. The lowest BCUT2D eigenvalue weighted by atomic mass is 10.2. The van der Waals surface area contributed by atoms with E-state index in [1.807, 2.05) is 23.6 Å². The van der Waals surface area contributed by atoms with Gasteiger partial charge in [-0.25, -0.2) is 4.98 Å². The molecule has 96 valence electrons. The molecule has 6 heteroatoms. The Morgan fingerprint density at radius 3 is 2.67 bits per heavy atom. The van der Waals surface area contributed by atoms with Gasteiger partial charge in [0.15, 0.2) is 0 Å². The van der Waals surface area contributed by atoms with Gasteiger partial charge in [0, 0.05) is 10.9 Å². The molecule has 0 aliphatic heterocycles. The van der Waals surface area contributed by atoms with Gasteiger partial charge in [-0.2, -0.15) is 0 Å². The highest BCUT2D eigenvalue weighted by molar-refractivity contribution is 7.09. The fourth-order valence-electron chi connectivity index (χ4n) is 1.34. The molecule has 1 N–H and O–H groups in total. The quantitative estimate of drug-likeness (QED) is 0.881. The third-order valence-electron chi connectivity index (χ3n) is 2.17.